The van der Waals surface area contributed by atoms with Crippen LogP contribution < -0.4 is 4.90 Å². The predicted octanol–water partition coefficient (Wildman–Crippen LogP) is 3.10. The molecule has 0 spiro atoms. The molecule has 1 aromatic carbocycles. The Morgan fingerprint density at radius 2 is 1.86 bits per heavy atom. The van der Waals surface area contributed by atoms with E-state index in [1.165, 1.54) is 18.2 Å². The normalized spacial score (nSPS) is 20.8. The predicted molar refractivity (Wildman–Crippen MR) is 84.3 cm³/mol. The molecule has 1 aliphatic rings. The second-order valence-corrected chi connectivity index (χ2v) is 5.48. The van der Waals surface area contributed by atoms with Crippen LogP contribution in [0, 0.1) is 25.7 Å². The molecule has 2 unspecified atom stereocenters. The lowest BCUT2D eigenvalue weighted by Gasteiger charge is -2.21. The number of nitrogens with zero attached hydrogens (tertiary/aromatic N) is 1. The zero-order valence-corrected chi connectivity index (χ0v) is 13.6. The molecule has 1 heterocycles. The van der Waals surface area contributed by atoms with Gasteiger partial charge in [0.15, 0.2) is 0 Å². The molecule has 1 aliphatic heterocycles. The smallest absolute Gasteiger partial charge is 0.292 e. The lowest BCUT2D eigenvalue weighted by Crippen LogP contribution is -2.27. The van der Waals surface area contributed by atoms with Crippen LogP contribution in [-0.2, 0) is 14.3 Å². The largest absolute Gasteiger partial charge is 0.471 e. The van der Waals surface area contributed by atoms with Gasteiger partial charge in [-0.1, -0.05) is 38.5 Å². The van der Waals surface area contributed by atoms with Crippen LogP contribution in [0.3, 0.4) is 0 Å². The number of ether oxygens (including phenoxy) is 1. The molecule has 0 radical (unpaired) electrons. The second-order valence-electron chi connectivity index (χ2n) is 5.48. The van der Waals surface area contributed by atoms with Crippen molar-refractivity contribution < 1.29 is 14.3 Å². The molecule has 116 valence electrons. The molecule has 1 saturated heterocycles. The fourth-order valence-electron chi connectivity index (χ4n) is 2.85. The van der Waals surface area contributed by atoms with E-state index in [0.717, 1.165) is 18.7 Å². The first-order valence-corrected chi connectivity index (χ1v) is 7.31. The van der Waals surface area contributed by atoms with Crippen LogP contribution in [0.1, 0.15) is 31.4 Å². The number of hydrogen-bond donors (Lipinski definition) is 0. The van der Waals surface area contributed by atoms with Gasteiger partial charge in [0.2, 0.25) is 5.91 Å². The summed E-state index contributed by atoms with van der Waals surface area (Å²) in [7, 11) is 1.31. The number of amides is 1. The van der Waals surface area contributed by atoms with Crippen molar-refractivity contribution >= 4 is 18.1 Å². The maximum atomic E-state index is 12.3. The Kier molecular flexibility index (Phi) is 6.40. The van der Waals surface area contributed by atoms with E-state index >= 15 is 0 Å². The molecule has 0 aromatic heterocycles. The van der Waals surface area contributed by atoms with Crippen LogP contribution in [0.25, 0.3) is 0 Å². The highest BCUT2D eigenvalue weighted by atomic mass is 16.5. The third-order valence-corrected chi connectivity index (χ3v) is 4.11. The Labute approximate surface area is 127 Å². The van der Waals surface area contributed by atoms with Crippen molar-refractivity contribution in [1.82, 2.24) is 0 Å². The van der Waals surface area contributed by atoms with Gasteiger partial charge in [-0.15, -0.1) is 0 Å². The fraction of sp³-hybridized carbons (Fsp3) is 0.529. The number of aryl methyl sites for hydroxylation is 2. The Bertz CT molecular complexity index is 479. The quantitative estimate of drug-likeness (QED) is 0.804. The zero-order chi connectivity index (χ0) is 16.0. The van der Waals surface area contributed by atoms with E-state index in [1.54, 1.807) is 0 Å². The van der Waals surface area contributed by atoms with Gasteiger partial charge in [0.25, 0.3) is 6.47 Å². The summed E-state index contributed by atoms with van der Waals surface area (Å²) in [5.41, 5.74) is 3.52. The fourth-order valence-corrected chi connectivity index (χ4v) is 2.85. The molecule has 4 nitrogen and oxygen atoms in total. The Morgan fingerprint density at radius 3 is 2.24 bits per heavy atom. The highest BCUT2D eigenvalue weighted by Gasteiger charge is 2.37. The average molecular weight is 291 g/mol. The summed E-state index contributed by atoms with van der Waals surface area (Å²) in [5, 5.41) is 0. The van der Waals surface area contributed by atoms with E-state index in [-0.39, 0.29) is 11.8 Å². The van der Waals surface area contributed by atoms with Crippen molar-refractivity contribution in [2.24, 2.45) is 11.8 Å². The SMILES string of the molecule is CCC1CN(c2c(C)cccc2C)C(=O)C1C.COC=O. The monoisotopic (exact) mass is 291 g/mol. The van der Waals surface area contributed by atoms with Gasteiger partial charge < -0.3 is 9.64 Å². The molecule has 0 N–H and O–H groups in total. The maximum absolute atomic E-state index is 12.3. The van der Waals surface area contributed by atoms with E-state index < -0.39 is 0 Å². The van der Waals surface area contributed by atoms with Crippen molar-refractivity contribution in [3.63, 3.8) is 0 Å². The summed E-state index contributed by atoms with van der Waals surface area (Å²) in [6.45, 7) is 9.65. The van der Waals surface area contributed by atoms with Crippen LogP contribution in [0.2, 0.25) is 0 Å². The minimum Gasteiger partial charge on any atom is -0.471 e. The summed E-state index contributed by atoms with van der Waals surface area (Å²) in [5.74, 6) is 0.953. The van der Waals surface area contributed by atoms with Crippen molar-refractivity contribution in [3.8, 4) is 0 Å². The highest BCUT2D eigenvalue weighted by Crippen LogP contribution is 2.34. The number of carbonyl (C=O) groups excluding carboxylic acids is 2. The Morgan fingerprint density at radius 1 is 1.33 bits per heavy atom. The summed E-state index contributed by atoms with van der Waals surface area (Å²) in [4.78, 5) is 23.2. The van der Waals surface area contributed by atoms with Gasteiger partial charge in [-0.05, 0) is 30.9 Å². The molecule has 0 saturated carbocycles. The minimum absolute atomic E-state index is 0.166. The van der Waals surface area contributed by atoms with E-state index in [1.807, 2.05) is 4.90 Å². The summed E-state index contributed by atoms with van der Waals surface area (Å²) in [6, 6.07) is 6.22. The van der Waals surface area contributed by atoms with Crippen molar-refractivity contribution in [3.05, 3.63) is 29.3 Å². The number of rotatable bonds is 3. The van der Waals surface area contributed by atoms with Crippen LogP contribution in [0.5, 0.6) is 0 Å². The first-order chi connectivity index (χ1) is 9.97. The molecule has 2 rings (SSSR count). The van der Waals surface area contributed by atoms with Gasteiger partial charge in [-0.3, -0.25) is 9.59 Å². The zero-order valence-electron chi connectivity index (χ0n) is 13.6. The number of para-hydroxylation sites is 1. The van der Waals surface area contributed by atoms with Crippen molar-refractivity contribution in [2.75, 3.05) is 18.6 Å². The van der Waals surface area contributed by atoms with Crippen LogP contribution in [0.4, 0.5) is 5.69 Å². The van der Waals surface area contributed by atoms with E-state index in [0.29, 0.717) is 12.4 Å². The minimum atomic E-state index is 0.166. The second kappa shape index (κ2) is 7.81. The van der Waals surface area contributed by atoms with Gasteiger partial charge >= 0.3 is 0 Å². The standard InChI is InChI=1S/C15H21NO.C2H4O2/c1-5-13-9-16(15(17)12(13)4)14-10(2)7-6-8-11(14)3;1-4-2-3/h6-8,12-13H,5,9H2,1-4H3;2H,1H3. The van der Waals surface area contributed by atoms with Gasteiger partial charge in [0, 0.05) is 18.2 Å². The van der Waals surface area contributed by atoms with Gasteiger partial charge in [-0.2, -0.15) is 0 Å². The molecular formula is C17H25NO3. The van der Waals surface area contributed by atoms with Gasteiger partial charge in [-0.25, -0.2) is 0 Å². The molecule has 21 heavy (non-hydrogen) atoms. The van der Waals surface area contributed by atoms with Crippen LogP contribution in [0.15, 0.2) is 18.2 Å². The average Bonchev–Trinajstić information content (AvgIpc) is 2.75. The molecule has 0 bridgehead atoms. The maximum Gasteiger partial charge on any atom is 0.292 e. The lowest BCUT2D eigenvalue weighted by atomic mass is 9.95. The summed E-state index contributed by atoms with van der Waals surface area (Å²) < 4.78 is 3.86. The summed E-state index contributed by atoms with van der Waals surface area (Å²) in [6.07, 6.45) is 1.08. The van der Waals surface area contributed by atoms with Gasteiger partial charge in [0.05, 0.1) is 7.11 Å². The third kappa shape index (κ3) is 3.84. The number of methoxy groups -OCH3 is 1. The first-order valence-electron chi connectivity index (χ1n) is 7.31. The van der Waals surface area contributed by atoms with Crippen LogP contribution in [-0.4, -0.2) is 26.0 Å². The topological polar surface area (TPSA) is 46.6 Å². The molecule has 4 heteroatoms. The lowest BCUT2D eigenvalue weighted by molar-refractivity contribution is -0.126. The number of benzene rings is 1. The molecule has 0 aliphatic carbocycles. The van der Waals surface area contributed by atoms with E-state index in [2.05, 4.69) is 50.6 Å². The molecular weight excluding hydrogens is 266 g/mol. The van der Waals surface area contributed by atoms with Gasteiger partial charge in [0.1, 0.15) is 0 Å². The van der Waals surface area contributed by atoms with Crippen molar-refractivity contribution in [2.45, 2.75) is 34.1 Å². The van der Waals surface area contributed by atoms with E-state index in [9.17, 15) is 4.79 Å². The Balaban J connectivity index is 0.000000491. The van der Waals surface area contributed by atoms with E-state index in [4.69, 9.17) is 4.79 Å². The number of hydrogen-bond acceptors (Lipinski definition) is 3. The summed E-state index contributed by atoms with van der Waals surface area (Å²) >= 11 is 0. The highest BCUT2D eigenvalue weighted by molar-refractivity contribution is 5.98. The molecule has 2 atom stereocenters. The number of carbonyl (C=O) groups is 2. The van der Waals surface area contributed by atoms with Crippen LogP contribution >= 0.6 is 0 Å². The Hall–Kier alpha value is -1.84. The molecule has 1 amide bonds. The molecule has 1 aromatic rings. The third-order valence-electron chi connectivity index (χ3n) is 4.11. The number of anilines is 1. The molecule has 1 fully saturated rings. The van der Waals surface area contributed by atoms with Crippen molar-refractivity contribution in [1.29, 1.82) is 0 Å². The first kappa shape index (κ1) is 17.2.